The lowest BCUT2D eigenvalue weighted by Gasteiger charge is -2.16. The van der Waals surface area contributed by atoms with Crippen LogP contribution in [0.15, 0.2) is 30.3 Å². The Balaban J connectivity index is 1.97. The largest absolute Gasteiger partial charge is 0.332 e. The Morgan fingerprint density at radius 3 is 2.48 bits per heavy atom. The van der Waals surface area contributed by atoms with Gasteiger partial charge in [0.1, 0.15) is 5.82 Å². The van der Waals surface area contributed by atoms with Gasteiger partial charge in [-0.2, -0.15) is 0 Å². The van der Waals surface area contributed by atoms with E-state index in [1.807, 2.05) is 19.9 Å². The van der Waals surface area contributed by atoms with Crippen LogP contribution in [-0.4, -0.2) is 30.3 Å². The van der Waals surface area contributed by atoms with Crippen molar-refractivity contribution in [1.29, 1.82) is 0 Å². The van der Waals surface area contributed by atoms with E-state index < -0.39 is 0 Å². The monoisotopic (exact) mass is 334 g/mol. The second kappa shape index (κ2) is 7.37. The fraction of sp³-hybridized carbons (Fsp3) is 0.294. The molecule has 0 fully saturated rings. The molecule has 23 heavy (non-hydrogen) atoms. The van der Waals surface area contributed by atoms with Crippen molar-refractivity contribution in [2.24, 2.45) is 0 Å². The molecule has 0 unspecified atom stereocenters. The van der Waals surface area contributed by atoms with E-state index in [-0.39, 0.29) is 24.2 Å². The maximum atomic E-state index is 12.8. The van der Waals surface area contributed by atoms with Crippen LogP contribution in [0.3, 0.4) is 0 Å². The highest BCUT2D eigenvalue weighted by atomic mass is 32.1. The van der Waals surface area contributed by atoms with Gasteiger partial charge in [-0.1, -0.05) is 6.92 Å². The van der Waals surface area contributed by atoms with Crippen molar-refractivity contribution in [3.8, 4) is 0 Å². The number of amides is 2. The van der Waals surface area contributed by atoms with Gasteiger partial charge in [0, 0.05) is 17.6 Å². The molecule has 0 aliphatic heterocycles. The van der Waals surface area contributed by atoms with Gasteiger partial charge in [0.25, 0.3) is 5.91 Å². The molecule has 2 aromatic rings. The summed E-state index contributed by atoms with van der Waals surface area (Å²) in [6.45, 7) is 3.97. The van der Waals surface area contributed by atoms with Gasteiger partial charge < -0.3 is 10.2 Å². The van der Waals surface area contributed by atoms with Crippen molar-refractivity contribution in [1.82, 2.24) is 4.90 Å². The van der Waals surface area contributed by atoms with E-state index in [0.29, 0.717) is 10.6 Å². The smallest absolute Gasteiger partial charge is 0.264 e. The predicted molar refractivity (Wildman–Crippen MR) is 90.4 cm³/mol. The number of nitrogens with one attached hydrogen (secondary N) is 1. The first-order valence-corrected chi connectivity index (χ1v) is 8.12. The molecule has 6 heteroatoms. The van der Waals surface area contributed by atoms with Gasteiger partial charge in [0.05, 0.1) is 11.4 Å². The molecule has 0 spiro atoms. The lowest BCUT2D eigenvalue weighted by atomic mass is 10.2. The molecule has 0 saturated carbocycles. The minimum absolute atomic E-state index is 0.0609. The third kappa shape index (κ3) is 4.39. The minimum Gasteiger partial charge on any atom is -0.332 e. The Morgan fingerprint density at radius 1 is 1.26 bits per heavy atom. The van der Waals surface area contributed by atoms with E-state index in [9.17, 15) is 14.0 Å². The van der Waals surface area contributed by atoms with E-state index in [4.69, 9.17) is 0 Å². The lowest BCUT2D eigenvalue weighted by molar-refractivity contribution is -0.116. The number of likely N-dealkylation sites (N-methyl/N-ethyl adjacent to an activating group) is 1. The summed E-state index contributed by atoms with van der Waals surface area (Å²) in [5.74, 6) is -0.862. The quantitative estimate of drug-likeness (QED) is 0.910. The van der Waals surface area contributed by atoms with Crippen LogP contribution in [0.5, 0.6) is 0 Å². The van der Waals surface area contributed by atoms with Gasteiger partial charge >= 0.3 is 0 Å². The number of thiophene rings is 1. The van der Waals surface area contributed by atoms with Crippen molar-refractivity contribution < 1.29 is 14.0 Å². The molecule has 0 aliphatic carbocycles. The van der Waals surface area contributed by atoms with Gasteiger partial charge in [0.2, 0.25) is 5.91 Å². The number of hydrogen-bond acceptors (Lipinski definition) is 3. The zero-order chi connectivity index (χ0) is 17.0. The van der Waals surface area contributed by atoms with Gasteiger partial charge in [-0.05, 0) is 49.2 Å². The lowest BCUT2D eigenvalue weighted by Crippen LogP contribution is -2.34. The molecule has 1 aromatic heterocycles. The van der Waals surface area contributed by atoms with E-state index in [2.05, 4.69) is 5.32 Å². The van der Waals surface area contributed by atoms with Crippen molar-refractivity contribution in [3.63, 3.8) is 0 Å². The van der Waals surface area contributed by atoms with Crippen molar-refractivity contribution in [3.05, 3.63) is 51.5 Å². The van der Waals surface area contributed by atoms with Gasteiger partial charge in [-0.3, -0.25) is 9.59 Å². The molecule has 0 aliphatic rings. The number of halogens is 1. The first-order chi connectivity index (χ1) is 10.9. The highest BCUT2D eigenvalue weighted by Crippen LogP contribution is 2.23. The first kappa shape index (κ1) is 17.1. The fourth-order valence-corrected chi connectivity index (χ4v) is 3.29. The Labute approximate surface area is 138 Å². The average Bonchev–Trinajstić information content (AvgIpc) is 2.89. The maximum Gasteiger partial charge on any atom is 0.264 e. The average molecular weight is 334 g/mol. The SMILES string of the molecule is CCc1sc(C(=O)N(C)CC(=O)Nc2ccc(F)cc2)cc1C. The molecule has 1 aromatic carbocycles. The van der Waals surface area contributed by atoms with Crippen LogP contribution in [0.4, 0.5) is 10.1 Å². The van der Waals surface area contributed by atoms with E-state index in [0.717, 1.165) is 12.0 Å². The number of benzene rings is 1. The second-order valence-corrected chi connectivity index (χ2v) is 6.42. The van der Waals surface area contributed by atoms with Gasteiger partial charge in [-0.15, -0.1) is 11.3 Å². The summed E-state index contributed by atoms with van der Waals surface area (Å²) >= 11 is 1.46. The maximum absolute atomic E-state index is 12.8. The summed E-state index contributed by atoms with van der Waals surface area (Å²) in [5.41, 5.74) is 1.60. The summed E-state index contributed by atoms with van der Waals surface area (Å²) in [6, 6.07) is 7.35. The molecule has 2 amide bonds. The third-order valence-electron chi connectivity index (χ3n) is 3.41. The van der Waals surface area contributed by atoms with Crippen LogP contribution in [-0.2, 0) is 11.2 Å². The second-order valence-electron chi connectivity index (χ2n) is 5.29. The molecule has 0 bridgehead atoms. The molecule has 0 atom stereocenters. The molecule has 0 radical (unpaired) electrons. The van der Waals surface area contributed by atoms with Crippen molar-refractivity contribution >= 4 is 28.8 Å². The van der Waals surface area contributed by atoms with Crippen LogP contribution in [0.25, 0.3) is 0 Å². The molecule has 4 nitrogen and oxygen atoms in total. The number of hydrogen-bond donors (Lipinski definition) is 1. The predicted octanol–water partition coefficient (Wildman–Crippen LogP) is 3.47. The number of nitrogens with zero attached hydrogens (tertiary/aromatic N) is 1. The summed E-state index contributed by atoms with van der Waals surface area (Å²) in [7, 11) is 1.59. The van der Waals surface area contributed by atoms with Crippen LogP contribution in [0.2, 0.25) is 0 Å². The summed E-state index contributed by atoms with van der Waals surface area (Å²) in [6.07, 6.45) is 0.887. The molecule has 2 rings (SSSR count). The van der Waals surface area contributed by atoms with E-state index in [1.54, 1.807) is 7.05 Å². The first-order valence-electron chi connectivity index (χ1n) is 7.31. The topological polar surface area (TPSA) is 49.4 Å². The Bertz CT molecular complexity index is 710. The number of carbonyl (C=O) groups excluding carboxylic acids is 2. The van der Waals surface area contributed by atoms with Gasteiger partial charge in [-0.25, -0.2) is 4.39 Å². The van der Waals surface area contributed by atoms with E-state index >= 15 is 0 Å². The summed E-state index contributed by atoms with van der Waals surface area (Å²) in [5, 5.41) is 2.64. The zero-order valence-electron chi connectivity index (χ0n) is 13.4. The fourth-order valence-electron chi connectivity index (χ4n) is 2.19. The molecular weight excluding hydrogens is 315 g/mol. The standard InChI is InChI=1S/C17H19FN2O2S/c1-4-14-11(2)9-15(23-14)17(22)20(3)10-16(21)19-13-7-5-12(18)6-8-13/h5-9H,4,10H2,1-3H3,(H,19,21). The Kier molecular flexibility index (Phi) is 5.50. The summed E-state index contributed by atoms with van der Waals surface area (Å²) in [4.78, 5) is 27.5. The highest BCUT2D eigenvalue weighted by Gasteiger charge is 2.18. The third-order valence-corrected chi connectivity index (χ3v) is 4.78. The normalized spacial score (nSPS) is 10.4. The molecule has 0 saturated heterocycles. The Hall–Kier alpha value is -2.21. The molecule has 1 heterocycles. The number of rotatable bonds is 5. The minimum atomic E-state index is -0.366. The molecule has 1 N–H and O–H groups in total. The van der Waals surface area contributed by atoms with Gasteiger partial charge in [0.15, 0.2) is 0 Å². The molecular formula is C17H19FN2O2S. The van der Waals surface area contributed by atoms with Crippen molar-refractivity contribution in [2.45, 2.75) is 20.3 Å². The van der Waals surface area contributed by atoms with Crippen LogP contribution in [0, 0.1) is 12.7 Å². The molecule has 122 valence electrons. The van der Waals surface area contributed by atoms with Crippen molar-refractivity contribution in [2.75, 3.05) is 18.9 Å². The van der Waals surface area contributed by atoms with Crippen LogP contribution >= 0.6 is 11.3 Å². The summed E-state index contributed by atoms with van der Waals surface area (Å²) < 4.78 is 12.8. The van der Waals surface area contributed by atoms with E-state index in [1.165, 1.54) is 45.4 Å². The number of anilines is 1. The number of carbonyl (C=O) groups is 2. The highest BCUT2D eigenvalue weighted by molar-refractivity contribution is 7.14. The van der Waals surface area contributed by atoms with Crippen LogP contribution in [0.1, 0.15) is 27.0 Å². The van der Waals surface area contributed by atoms with Crippen LogP contribution < -0.4 is 5.32 Å². The Morgan fingerprint density at radius 2 is 1.91 bits per heavy atom. The zero-order valence-corrected chi connectivity index (χ0v) is 14.2. The number of aryl methyl sites for hydroxylation is 2.